The van der Waals surface area contributed by atoms with E-state index in [0.717, 1.165) is 39.0 Å². The lowest BCUT2D eigenvalue weighted by Crippen LogP contribution is -2.11. The number of anilines is 1. The summed E-state index contributed by atoms with van der Waals surface area (Å²) in [6.45, 7) is 2.01. The molecule has 0 atom stereocenters. The van der Waals surface area contributed by atoms with Gasteiger partial charge in [0, 0.05) is 27.8 Å². The zero-order valence-electron chi connectivity index (χ0n) is 16.2. The first-order valence-corrected chi connectivity index (χ1v) is 9.50. The van der Waals surface area contributed by atoms with Crippen molar-refractivity contribution in [2.75, 3.05) is 5.32 Å². The monoisotopic (exact) mass is 394 g/mol. The van der Waals surface area contributed by atoms with E-state index in [1.807, 2.05) is 67.6 Å². The lowest BCUT2D eigenvalue weighted by atomic mass is 10.0. The molecule has 5 aromatic rings. The number of carbonyl (C=O) groups is 1. The maximum Gasteiger partial charge on any atom is 0.255 e. The molecule has 146 valence electrons. The average Bonchev–Trinajstić information content (AvgIpc) is 3.45. The minimum atomic E-state index is -0.165. The van der Waals surface area contributed by atoms with E-state index in [0.29, 0.717) is 11.4 Å². The van der Waals surface area contributed by atoms with Gasteiger partial charge in [-0.1, -0.05) is 29.8 Å². The van der Waals surface area contributed by atoms with Gasteiger partial charge in [0.1, 0.15) is 6.33 Å². The Kier molecular flexibility index (Phi) is 4.33. The van der Waals surface area contributed by atoms with Crippen LogP contribution in [0.4, 0.5) is 5.69 Å². The molecule has 7 nitrogen and oxygen atoms in total. The highest BCUT2D eigenvalue weighted by atomic mass is 16.1. The van der Waals surface area contributed by atoms with Crippen LogP contribution in [-0.2, 0) is 0 Å². The second kappa shape index (κ2) is 7.29. The Hall–Kier alpha value is -4.26. The SMILES string of the molecule is Cc1ccc(NC(=O)c2cccc(-c3n[nH]c4ccc(-c5nc[nH]n5)cc34)c2)cc1. The van der Waals surface area contributed by atoms with E-state index in [1.165, 1.54) is 0 Å². The lowest BCUT2D eigenvalue weighted by Gasteiger charge is -2.07. The van der Waals surface area contributed by atoms with Gasteiger partial charge in [0.15, 0.2) is 5.82 Å². The number of aromatic nitrogens is 5. The summed E-state index contributed by atoms with van der Waals surface area (Å²) in [6.07, 6.45) is 1.55. The molecule has 5 rings (SSSR count). The third kappa shape index (κ3) is 3.33. The minimum Gasteiger partial charge on any atom is -0.322 e. The van der Waals surface area contributed by atoms with Gasteiger partial charge >= 0.3 is 0 Å². The number of nitrogens with one attached hydrogen (secondary N) is 3. The van der Waals surface area contributed by atoms with Gasteiger partial charge in [-0.3, -0.25) is 15.0 Å². The van der Waals surface area contributed by atoms with Crippen LogP contribution in [-0.4, -0.2) is 31.3 Å². The molecule has 0 fully saturated rings. The van der Waals surface area contributed by atoms with Crippen molar-refractivity contribution < 1.29 is 4.79 Å². The number of fused-ring (bicyclic) bond motifs is 1. The van der Waals surface area contributed by atoms with Gasteiger partial charge in [-0.2, -0.15) is 10.2 Å². The van der Waals surface area contributed by atoms with Crippen molar-refractivity contribution in [3.05, 3.63) is 84.2 Å². The van der Waals surface area contributed by atoms with Crippen molar-refractivity contribution >= 4 is 22.5 Å². The molecule has 0 aliphatic rings. The molecule has 0 unspecified atom stereocenters. The molecule has 0 saturated carbocycles. The number of aromatic amines is 2. The van der Waals surface area contributed by atoms with Crippen LogP contribution in [0.3, 0.4) is 0 Å². The quantitative estimate of drug-likeness (QED) is 0.415. The van der Waals surface area contributed by atoms with Crippen LogP contribution in [0.2, 0.25) is 0 Å². The fraction of sp³-hybridized carbons (Fsp3) is 0.0435. The molecule has 2 heterocycles. The molecule has 0 bridgehead atoms. The lowest BCUT2D eigenvalue weighted by molar-refractivity contribution is 0.102. The highest BCUT2D eigenvalue weighted by Gasteiger charge is 2.13. The molecule has 0 radical (unpaired) electrons. The molecule has 1 amide bonds. The largest absolute Gasteiger partial charge is 0.322 e. The van der Waals surface area contributed by atoms with Gasteiger partial charge in [-0.05, 0) is 49.4 Å². The fourth-order valence-electron chi connectivity index (χ4n) is 3.37. The van der Waals surface area contributed by atoms with Crippen LogP contribution in [0.5, 0.6) is 0 Å². The van der Waals surface area contributed by atoms with Gasteiger partial charge in [0.2, 0.25) is 0 Å². The molecule has 7 heteroatoms. The molecule has 3 N–H and O–H groups in total. The van der Waals surface area contributed by atoms with Crippen LogP contribution < -0.4 is 5.32 Å². The van der Waals surface area contributed by atoms with Gasteiger partial charge < -0.3 is 5.32 Å². The van der Waals surface area contributed by atoms with Gasteiger partial charge in [0.25, 0.3) is 5.91 Å². The number of hydrogen-bond donors (Lipinski definition) is 3. The number of rotatable bonds is 4. The summed E-state index contributed by atoms with van der Waals surface area (Å²) in [5, 5.41) is 18.3. The van der Waals surface area contributed by atoms with Crippen molar-refractivity contribution in [1.82, 2.24) is 25.4 Å². The summed E-state index contributed by atoms with van der Waals surface area (Å²) in [5.41, 5.74) is 5.88. The predicted octanol–water partition coefficient (Wildman–Crippen LogP) is 4.58. The van der Waals surface area contributed by atoms with Crippen LogP contribution in [0.1, 0.15) is 15.9 Å². The van der Waals surface area contributed by atoms with Crippen molar-refractivity contribution in [1.29, 1.82) is 0 Å². The Bertz CT molecular complexity index is 1340. The fourth-order valence-corrected chi connectivity index (χ4v) is 3.37. The Morgan fingerprint density at radius 2 is 1.80 bits per heavy atom. The first-order chi connectivity index (χ1) is 14.7. The van der Waals surface area contributed by atoms with Crippen LogP contribution in [0.15, 0.2) is 73.1 Å². The van der Waals surface area contributed by atoms with Gasteiger partial charge in [0.05, 0.1) is 11.2 Å². The number of H-pyrrole nitrogens is 2. The Balaban J connectivity index is 1.49. The summed E-state index contributed by atoms with van der Waals surface area (Å²) in [4.78, 5) is 16.9. The van der Waals surface area contributed by atoms with E-state index in [1.54, 1.807) is 12.4 Å². The standard InChI is InChI=1S/C23H18N6O/c1-14-5-8-18(9-6-14)26-23(30)17-4-2-3-15(11-17)21-19-12-16(22-24-13-25-29-22)7-10-20(19)27-28-21/h2-13H,1H3,(H,26,30)(H,27,28)(H,24,25,29). The number of aryl methyl sites for hydroxylation is 1. The summed E-state index contributed by atoms with van der Waals surface area (Å²) >= 11 is 0. The zero-order chi connectivity index (χ0) is 20.5. The number of benzene rings is 3. The molecule has 2 aromatic heterocycles. The molecule has 0 aliphatic heterocycles. The first kappa shape index (κ1) is 17.8. The molecule has 0 aliphatic carbocycles. The van der Waals surface area contributed by atoms with Crippen molar-refractivity contribution in [2.24, 2.45) is 0 Å². The third-order valence-corrected chi connectivity index (χ3v) is 4.94. The van der Waals surface area contributed by atoms with E-state index in [-0.39, 0.29) is 5.91 Å². The van der Waals surface area contributed by atoms with E-state index in [2.05, 4.69) is 30.7 Å². The Morgan fingerprint density at radius 1 is 0.933 bits per heavy atom. The molecule has 30 heavy (non-hydrogen) atoms. The topological polar surface area (TPSA) is 99.4 Å². The van der Waals surface area contributed by atoms with Crippen LogP contribution in [0, 0.1) is 6.92 Å². The predicted molar refractivity (Wildman–Crippen MR) is 116 cm³/mol. The first-order valence-electron chi connectivity index (χ1n) is 9.50. The summed E-state index contributed by atoms with van der Waals surface area (Å²) in [6, 6.07) is 21.0. The van der Waals surface area contributed by atoms with Crippen molar-refractivity contribution in [3.8, 4) is 22.6 Å². The minimum absolute atomic E-state index is 0.165. The van der Waals surface area contributed by atoms with E-state index in [4.69, 9.17) is 0 Å². The van der Waals surface area contributed by atoms with Crippen molar-refractivity contribution in [2.45, 2.75) is 6.92 Å². The number of nitrogens with zero attached hydrogens (tertiary/aromatic N) is 3. The summed E-state index contributed by atoms with van der Waals surface area (Å²) in [5.74, 6) is 0.456. The molecular formula is C23H18N6O. The van der Waals surface area contributed by atoms with Crippen molar-refractivity contribution in [3.63, 3.8) is 0 Å². The highest BCUT2D eigenvalue weighted by molar-refractivity contribution is 6.05. The number of hydrogen-bond acceptors (Lipinski definition) is 4. The van der Waals surface area contributed by atoms with Crippen LogP contribution in [0.25, 0.3) is 33.5 Å². The molecule has 0 saturated heterocycles. The van der Waals surface area contributed by atoms with Crippen LogP contribution >= 0.6 is 0 Å². The molecular weight excluding hydrogens is 376 g/mol. The van der Waals surface area contributed by atoms with E-state index < -0.39 is 0 Å². The normalized spacial score (nSPS) is 11.0. The number of amides is 1. The second-order valence-electron chi connectivity index (χ2n) is 7.06. The molecule has 0 spiro atoms. The summed E-state index contributed by atoms with van der Waals surface area (Å²) < 4.78 is 0. The zero-order valence-corrected chi connectivity index (χ0v) is 16.2. The van der Waals surface area contributed by atoms with Gasteiger partial charge in [-0.15, -0.1) is 0 Å². The smallest absolute Gasteiger partial charge is 0.255 e. The maximum atomic E-state index is 12.7. The Labute approximate surface area is 172 Å². The molecule has 3 aromatic carbocycles. The number of carbonyl (C=O) groups excluding carboxylic acids is 1. The Morgan fingerprint density at radius 3 is 2.60 bits per heavy atom. The third-order valence-electron chi connectivity index (χ3n) is 4.94. The summed E-state index contributed by atoms with van der Waals surface area (Å²) in [7, 11) is 0. The van der Waals surface area contributed by atoms with Gasteiger partial charge in [-0.25, -0.2) is 4.98 Å². The van der Waals surface area contributed by atoms with E-state index >= 15 is 0 Å². The second-order valence-corrected chi connectivity index (χ2v) is 7.06. The van der Waals surface area contributed by atoms with E-state index in [9.17, 15) is 4.79 Å². The average molecular weight is 394 g/mol. The highest BCUT2D eigenvalue weighted by Crippen LogP contribution is 2.30. The maximum absolute atomic E-state index is 12.7.